The van der Waals surface area contributed by atoms with Gasteiger partial charge in [-0.3, -0.25) is 4.79 Å². The molecule has 0 aromatic carbocycles. The lowest BCUT2D eigenvalue weighted by molar-refractivity contribution is -0.131. The van der Waals surface area contributed by atoms with E-state index < -0.39 is 24.2 Å². The Morgan fingerprint density at radius 2 is 0.683 bits per heavy atom. The molecule has 60 heavy (non-hydrogen) atoms. The normalized spacial score (nSPS) is 13.6. The van der Waals surface area contributed by atoms with E-state index in [2.05, 4.69) is 43.5 Å². The van der Waals surface area contributed by atoms with Gasteiger partial charge in [0.05, 0.1) is 18.8 Å². The minimum atomic E-state index is -1.11. The third-order valence-corrected chi connectivity index (χ3v) is 12.5. The Morgan fingerprint density at radius 1 is 0.400 bits per heavy atom. The highest BCUT2D eigenvalue weighted by atomic mass is 16.3. The zero-order valence-electron chi connectivity index (χ0n) is 40.4. The van der Waals surface area contributed by atoms with Crippen LogP contribution in [0.3, 0.4) is 0 Å². The number of allylic oxidation sites excluding steroid dienone is 5. The summed E-state index contributed by atoms with van der Waals surface area (Å²) in [6.45, 7) is 4.20. The molecule has 0 aromatic heterocycles. The zero-order valence-corrected chi connectivity index (χ0v) is 40.4. The number of aliphatic hydroxyl groups is 3. The first-order chi connectivity index (χ1) is 29.6. The third kappa shape index (κ3) is 44.6. The molecule has 354 valence electrons. The van der Waals surface area contributed by atoms with Gasteiger partial charge in [-0.25, -0.2) is 0 Å². The Morgan fingerprint density at radius 3 is 1.02 bits per heavy atom. The van der Waals surface area contributed by atoms with E-state index in [0.717, 1.165) is 38.5 Å². The summed E-state index contributed by atoms with van der Waals surface area (Å²) in [5.41, 5.74) is 0. The molecule has 0 bridgehead atoms. The van der Waals surface area contributed by atoms with E-state index in [9.17, 15) is 20.1 Å². The highest BCUT2D eigenvalue weighted by Gasteiger charge is 2.22. The largest absolute Gasteiger partial charge is 0.394 e. The van der Waals surface area contributed by atoms with Crippen molar-refractivity contribution in [2.75, 3.05) is 6.61 Å². The van der Waals surface area contributed by atoms with Crippen LogP contribution in [0.15, 0.2) is 36.5 Å². The highest BCUT2D eigenvalue weighted by Crippen LogP contribution is 2.16. The zero-order chi connectivity index (χ0) is 43.7. The fraction of sp³-hybridized carbons (Fsp3) is 0.873. The topological polar surface area (TPSA) is 89.8 Å². The standard InChI is InChI=1S/C55H105NO4/c1-3-5-7-9-11-13-15-17-19-21-23-25-26-27-28-30-32-34-36-38-40-42-44-46-48-50-54(59)55(60)56-52(51-57)53(58)49-47-45-43-41-39-37-35-33-31-29-24-22-20-18-16-14-12-10-8-6-4-2/h27-28,39,41,47,49,52-54,57-59H,3-26,29-38,40,42-46,48,50-51H2,1-2H3,(H,56,60)/b28-27-,41-39+,49-47+. The third-order valence-electron chi connectivity index (χ3n) is 12.5. The summed E-state index contributed by atoms with van der Waals surface area (Å²) < 4.78 is 0. The number of carbonyl (C=O) groups excluding carboxylic acids is 1. The van der Waals surface area contributed by atoms with Gasteiger partial charge in [0.2, 0.25) is 5.91 Å². The smallest absolute Gasteiger partial charge is 0.249 e. The molecule has 0 fully saturated rings. The molecule has 4 N–H and O–H groups in total. The molecule has 3 atom stereocenters. The molecular weight excluding hydrogens is 739 g/mol. The van der Waals surface area contributed by atoms with Gasteiger partial charge in [-0.2, -0.15) is 0 Å². The summed E-state index contributed by atoms with van der Waals surface area (Å²) in [7, 11) is 0. The quantitative estimate of drug-likeness (QED) is 0.0363. The van der Waals surface area contributed by atoms with Crippen LogP contribution in [0.4, 0.5) is 0 Å². The lowest BCUT2D eigenvalue weighted by atomic mass is 10.0. The van der Waals surface area contributed by atoms with Crippen LogP contribution in [0.25, 0.3) is 0 Å². The minimum absolute atomic E-state index is 0.376. The van der Waals surface area contributed by atoms with Crippen LogP contribution in [-0.2, 0) is 4.79 Å². The number of amides is 1. The summed E-state index contributed by atoms with van der Waals surface area (Å²) in [5, 5.41) is 33.3. The van der Waals surface area contributed by atoms with Gasteiger partial charge in [0, 0.05) is 0 Å². The molecule has 1 amide bonds. The Bertz CT molecular complexity index is 931. The van der Waals surface area contributed by atoms with E-state index in [-0.39, 0.29) is 6.61 Å². The molecule has 0 radical (unpaired) electrons. The van der Waals surface area contributed by atoms with Gasteiger partial charge in [-0.1, -0.05) is 262 Å². The fourth-order valence-corrected chi connectivity index (χ4v) is 8.26. The van der Waals surface area contributed by atoms with Gasteiger partial charge < -0.3 is 20.6 Å². The number of rotatable bonds is 49. The Balaban J connectivity index is 3.63. The van der Waals surface area contributed by atoms with E-state index in [4.69, 9.17) is 0 Å². The van der Waals surface area contributed by atoms with Crippen molar-refractivity contribution in [3.8, 4) is 0 Å². The predicted octanol–water partition coefficient (Wildman–Crippen LogP) is 16.3. The van der Waals surface area contributed by atoms with Gasteiger partial charge in [-0.05, 0) is 57.8 Å². The Kier molecular flexibility index (Phi) is 49.0. The monoisotopic (exact) mass is 844 g/mol. The predicted molar refractivity (Wildman–Crippen MR) is 264 cm³/mol. The average molecular weight is 844 g/mol. The van der Waals surface area contributed by atoms with Crippen LogP contribution in [0.5, 0.6) is 0 Å². The maximum absolute atomic E-state index is 12.5. The summed E-state index contributed by atoms with van der Waals surface area (Å²) in [6.07, 6.45) is 65.0. The molecule has 0 spiro atoms. The second-order valence-corrected chi connectivity index (χ2v) is 18.4. The fourth-order valence-electron chi connectivity index (χ4n) is 8.26. The lowest BCUT2D eigenvalue weighted by Crippen LogP contribution is -2.48. The van der Waals surface area contributed by atoms with Crippen LogP contribution < -0.4 is 5.32 Å². The van der Waals surface area contributed by atoms with Crippen LogP contribution >= 0.6 is 0 Å². The van der Waals surface area contributed by atoms with Gasteiger partial charge >= 0.3 is 0 Å². The maximum Gasteiger partial charge on any atom is 0.249 e. The van der Waals surface area contributed by atoms with Gasteiger partial charge in [-0.15, -0.1) is 0 Å². The minimum Gasteiger partial charge on any atom is -0.394 e. The first-order valence-electron chi connectivity index (χ1n) is 26.8. The lowest BCUT2D eigenvalue weighted by Gasteiger charge is -2.21. The molecule has 0 saturated carbocycles. The molecule has 0 heterocycles. The first-order valence-corrected chi connectivity index (χ1v) is 26.8. The van der Waals surface area contributed by atoms with E-state index in [1.54, 1.807) is 6.08 Å². The van der Waals surface area contributed by atoms with Crippen molar-refractivity contribution < 1.29 is 20.1 Å². The van der Waals surface area contributed by atoms with Crippen molar-refractivity contribution in [1.82, 2.24) is 5.32 Å². The second-order valence-electron chi connectivity index (χ2n) is 18.4. The Hall–Kier alpha value is -1.43. The van der Waals surface area contributed by atoms with E-state index in [0.29, 0.717) is 6.42 Å². The number of carbonyl (C=O) groups is 1. The second kappa shape index (κ2) is 50.2. The molecule has 3 unspecified atom stereocenters. The van der Waals surface area contributed by atoms with Gasteiger partial charge in [0.1, 0.15) is 6.10 Å². The van der Waals surface area contributed by atoms with Crippen molar-refractivity contribution in [1.29, 1.82) is 0 Å². The molecule has 0 aliphatic rings. The average Bonchev–Trinajstić information content (AvgIpc) is 3.25. The SMILES string of the molecule is CCCCCCCCCCCCCC/C=C\CCCCCCCCCCCC(O)C(=O)NC(CO)C(O)/C=C/CC/C=C/CCCCCCCCCCCCCCCCC. The molecule has 0 saturated heterocycles. The van der Waals surface area contributed by atoms with Crippen molar-refractivity contribution in [2.45, 2.75) is 302 Å². The van der Waals surface area contributed by atoms with Crippen molar-refractivity contribution in [2.24, 2.45) is 0 Å². The van der Waals surface area contributed by atoms with Crippen LogP contribution in [0.1, 0.15) is 284 Å². The van der Waals surface area contributed by atoms with E-state index in [1.165, 1.54) is 225 Å². The van der Waals surface area contributed by atoms with Crippen molar-refractivity contribution in [3.05, 3.63) is 36.5 Å². The van der Waals surface area contributed by atoms with E-state index in [1.807, 2.05) is 6.08 Å². The summed E-state index contributed by atoms with van der Waals surface area (Å²) in [6, 6.07) is -0.816. The van der Waals surface area contributed by atoms with Crippen LogP contribution in [0.2, 0.25) is 0 Å². The molecule has 0 rings (SSSR count). The molecular formula is C55H105NO4. The maximum atomic E-state index is 12.5. The molecule has 5 nitrogen and oxygen atoms in total. The van der Waals surface area contributed by atoms with Crippen LogP contribution in [0, 0.1) is 0 Å². The molecule has 0 aromatic rings. The van der Waals surface area contributed by atoms with Crippen LogP contribution in [-0.4, -0.2) is 46.1 Å². The van der Waals surface area contributed by atoms with E-state index >= 15 is 0 Å². The first kappa shape index (κ1) is 58.6. The number of aliphatic hydroxyl groups excluding tert-OH is 3. The molecule has 5 heteroatoms. The van der Waals surface area contributed by atoms with Crippen molar-refractivity contribution in [3.63, 3.8) is 0 Å². The number of unbranched alkanes of at least 4 members (excludes halogenated alkanes) is 37. The van der Waals surface area contributed by atoms with Gasteiger partial charge in [0.15, 0.2) is 0 Å². The summed E-state index contributed by atoms with van der Waals surface area (Å²) in [4.78, 5) is 12.5. The summed E-state index contributed by atoms with van der Waals surface area (Å²) in [5.74, 6) is -0.512. The molecule has 0 aliphatic heterocycles. The Labute approximate surface area is 374 Å². The van der Waals surface area contributed by atoms with Crippen molar-refractivity contribution >= 4 is 5.91 Å². The summed E-state index contributed by atoms with van der Waals surface area (Å²) >= 11 is 0. The highest BCUT2D eigenvalue weighted by molar-refractivity contribution is 5.80. The number of hydrogen-bond donors (Lipinski definition) is 4. The molecule has 0 aliphatic carbocycles. The van der Waals surface area contributed by atoms with Gasteiger partial charge in [0.25, 0.3) is 0 Å². The number of nitrogens with one attached hydrogen (secondary N) is 1. The number of hydrogen-bond acceptors (Lipinski definition) is 4.